The van der Waals surface area contributed by atoms with Crippen LogP contribution in [0.3, 0.4) is 0 Å². The van der Waals surface area contributed by atoms with Crippen molar-refractivity contribution >= 4 is 51.9 Å². The number of carbonyl (C=O) groups is 4. The van der Waals surface area contributed by atoms with Crippen molar-refractivity contribution < 1.29 is 23.9 Å². The molecule has 56 heavy (non-hydrogen) atoms. The number of aromatic nitrogens is 3. The summed E-state index contributed by atoms with van der Waals surface area (Å²) in [5, 5.41) is 6.36. The van der Waals surface area contributed by atoms with E-state index >= 15 is 0 Å². The fourth-order valence-electron chi connectivity index (χ4n) is 9.23. The fraction of sp³-hybridized carbons (Fsp3) is 0.476. The number of nitrogens with one attached hydrogen (secondary N) is 3. The van der Waals surface area contributed by atoms with E-state index < -0.39 is 6.04 Å². The number of piperidine rings is 3. The van der Waals surface area contributed by atoms with E-state index in [-0.39, 0.29) is 36.2 Å². The number of rotatable bonds is 9. The number of anilines is 3. The minimum absolute atomic E-state index is 0.137. The maximum absolute atomic E-state index is 13.3. The maximum atomic E-state index is 13.3. The van der Waals surface area contributed by atoms with E-state index in [9.17, 15) is 19.2 Å². The molecule has 4 aromatic rings. The molecule has 2 atom stereocenters. The SMILES string of the molecule is CN1CCC[C@@H]1c1cc2cnc(NC(=O)c3ccc(N4CCC(OCC5CCN(c6cccc7c6CN(C6CCC(=O)NC6=O)C7=O)CC5)CC4)nc3)cc2[nH]1. The highest BCUT2D eigenvalue weighted by molar-refractivity contribution is 6.06. The van der Waals surface area contributed by atoms with E-state index in [1.807, 2.05) is 30.3 Å². The van der Waals surface area contributed by atoms with Crippen LogP contribution in [0.1, 0.15) is 89.4 Å². The molecule has 5 aliphatic heterocycles. The Morgan fingerprint density at radius 2 is 1.71 bits per heavy atom. The average Bonchev–Trinajstić information content (AvgIpc) is 3.94. The van der Waals surface area contributed by atoms with Crippen LogP contribution >= 0.6 is 0 Å². The van der Waals surface area contributed by atoms with E-state index in [0.717, 1.165) is 99.4 Å². The summed E-state index contributed by atoms with van der Waals surface area (Å²) in [4.78, 5) is 71.9. The van der Waals surface area contributed by atoms with Gasteiger partial charge < -0.3 is 29.7 Å². The van der Waals surface area contributed by atoms with Crippen molar-refractivity contribution in [2.75, 3.05) is 61.5 Å². The second-order valence-corrected chi connectivity index (χ2v) is 16.0. The molecule has 14 nitrogen and oxygen atoms in total. The Labute approximate surface area is 326 Å². The number of imide groups is 1. The van der Waals surface area contributed by atoms with Crippen LogP contribution in [-0.2, 0) is 20.9 Å². The van der Waals surface area contributed by atoms with Crippen LogP contribution in [0.15, 0.2) is 54.9 Å². The molecule has 9 rings (SSSR count). The van der Waals surface area contributed by atoms with Gasteiger partial charge in [-0.1, -0.05) is 6.07 Å². The third kappa shape index (κ3) is 7.23. The normalized spacial score (nSPS) is 22.6. The molecule has 8 heterocycles. The van der Waals surface area contributed by atoms with Crippen LogP contribution in [0.2, 0.25) is 0 Å². The molecular weight excluding hydrogens is 711 g/mol. The number of fused-ring (bicyclic) bond motifs is 2. The lowest BCUT2D eigenvalue weighted by Crippen LogP contribution is -2.52. The molecule has 292 valence electrons. The molecule has 0 radical (unpaired) electrons. The number of likely N-dealkylation sites (tertiary alicyclic amines) is 1. The van der Waals surface area contributed by atoms with Crippen LogP contribution in [0, 0.1) is 5.92 Å². The van der Waals surface area contributed by atoms with Crippen molar-refractivity contribution in [3.63, 3.8) is 0 Å². The minimum Gasteiger partial charge on any atom is -0.378 e. The predicted octanol–water partition coefficient (Wildman–Crippen LogP) is 4.64. The number of aromatic amines is 1. The number of amides is 4. The number of hydrogen-bond donors (Lipinski definition) is 3. The second-order valence-electron chi connectivity index (χ2n) is 16.0. The standard InChI is InChI=1S/C42H49N9O5/c1-48-15-3-6-35(48)33-20-28-23-43-37(21-32(28)45-33)46-40(53)27-7-9-38(44-22-27)50-18-13-29(14-19-50)56-25-26-11-16-49(17-12-26)34-5-2-4-30-31(34)24-51(42(30)55)36-8-10-39(52)47-41(36)54/h2,4-5,7,9,20-23,26,29,35-36,45H,3,6,8,10-19,24-25H2,1H3,(H,43,46,53)(H,47,52,54)/t35-,36?/m1/s1. The highest BCUT2D eigenvalue weighted by atomic mass is 16.5. The van der Waals surface area contributed by atoms with Gasteiger partial charge in [0.15, 0.2) is 0 Å². The Morgan fingerprint density at radius 1 is 0.893 bits per heavy atom. The van der Waals surface area contributed by atoms with E-state index in [4.69, 9.17) is 4.74 Å². The highest BCUT2D eigenvalue weighted by Gasteiger charge is 2.40. The molecule has 4 saturated heterocycles. The summed E-state index contributed by atoms with van der Waals surface area (Å²) < 4.78 is 6.46. The smallest absolute Gasteiger partial charge is 0.258 e. The molecule has 0 spiro atoms. The van der Waals surface area contributed by atoms with E-state index in [0.29, 0.717) is 41.9 Å². The lowest BCUT2D eigenvalue weighted by atomic mass is 9.96. The Balaban J connectivity index is 0.721. The van der Waals surface area contributed by atoms with Crippen LogP contribution < -0.4 is 20.4 Å². The predicted molar refractivity (Wildman–Crippen MR) is 212 cm³/mol. The van der Waals surface area contributed by atoms with Crippen LogP contribution in [0.4, 0.5) is 17.3 Å². The van der Waals surface area contributed by atoms with Gasteiger partial charge in [-0.2, -0.15) is 0 Å². The zero-order valence-corrected chi connectivity index (χ0v) is 31.8. The number of ether oxygens (including phenoxy) is 1. The summed E-state index contributed by atoms with van der Waals surface area (Å²) in [5.74, 6) is 0.791. The van der Waals surface area contributed by atoms with Crippen molar-refractivity contribution in [3.8, 4) is 0 Å². The monoisotopic (exact) mass is 759 g/mol. The third-order valence-electron chi connectivity index (χ3n) is 12.5. The zero-order valence-electron chi connectivity index (χ0n) is 31.8. The van der Waals surface area contributed by atoms with Gasteiger partial charge >= 0.3 is 0 Å². The molecular formula is C42H49N9O5. The fourth-order valence-corrected chi connectivity index (χ4v) is 9.23. The molecule has 4 amide bonds. The topological polar surface area (TPSA) is 156 Å². The summed E-state index contributed by atoms with van der Waals surface area (Å²) in [7, 11) is 2.16. The van der Waals surface area contributed by atoms with E-state index in [1.165, 1.54) is 12.1 Å². The van der Waals surface area contributed by atoms with E-state index in [1.54, 1.807) is 17.3 Å². The van der Waals surface area contributed by atoms with Gasteiger partial charge in [-0.15, -0.1) is 0 Å². The maximum Gasteiger partial charge on any atom is 0.258 e. The number of hydrogen-bond acceptors (Lipinski definition) is 10. The number of carbonyl (C=O) groups excluding carboxylic acids is 4. The summed E-state index contributed by atoms with van der Waals surface area (Å²) in [5.41, 5.74) is 5.32. The molecule has 3 aromatic heterocycles. The summed E-state index contributed by atoms with van der Waals surface area (Å²) in [6.45, 7) is 5.67. The van der Waals surface area contributed by atoms with Gasteiger partial charge in [0.2, 0.25) is 11.8 Å². The van der Waals surface area contributed by atoms with E-state index in [2.05, 4.69) is 59.5 Å². The quantitative estimate of drug-likeness (QED) is 0.206. The molecule has 14 heteroatoms. The first kappa shape index (κ1) is 36.3. The first-order valence-corrected chi connectivity index (χ1v) is 20.1. The number of pyridine rings is 2. The first-order valence-electron chi connectivity index (χ1n) is 20.1. The van der Waals surface area contributed by atoms with Gasteiger partial charge in [-0.3, -0.25) is 29.4 Å². The Bertz CT molecular complexity index is 2140. The molecule has 3 N–H and O–H groups in total. The molecule has 1 aromatic carbocycles. The Morgan fingerprint density at radius 3 is 2.46 bits per heavy atom. The molecule has 0 bridgehead atoms. The molecule has 4 fully saturated rings. The average molecular weight is 760 g/mol. The van der Waals surface area contributed by atoms with Crippen LogP contribution in [0.5, 0.6) is 0 Å². The summed E-state index contributed by atoms with van der Waals surface area (Å²) in [6.07, 6.45) is 10.4. The summed E-state index contributed by atoms with van der Waals surface area (Å²) in [6, 6.07) is 13.4. The highest BCUT2D eigenvalue weighted by Crippen LogP contribution is 2.36. The number of benzene rings is 1. The first-order chi connectivity index (χ1) is 27.3. The van der Waals surface area contributed by atoms with Crippen molar-refractivity contribution in [2.45, 2.75) is 76.1 Å². The Kier molecular flexibility index (Phi) is 9.92. The minimum atomic E-state index is -0.612. The van der Waals surface area contributed by atoms with Gasteiger partial charge in [0.1, 0.15) is 17.7 Å². The van der Waals surface area contributed by atoms with Gasteiger partial charge in [-0.25, -0.2) is 9.97 Å². The van der Waals surface area contributed by atoms with Gasteiger partial charge in [0.25, 0.3) is 11.8 Å². The molecule has 5 aliphatic rings. The zero-order chi connectivity index (χ0) is 38.3. The Hall–Kier alpha value is -5.34. The largest absolute Gasteiger partial charge is 0.378 e. The van der Waals surface area contributed by atoms with Crippen LogP contribution in [-0.4, -0.2) is 107 Å². The van der Waals surface area contributed by atoms with Crippen molar-refractivity contribution in [1.29, 1.82) is 0 Å². The number of nitrogens with zero attached hydrogens (tertiary/aromatic N) is 6. The third-order valence-corrected chi connectivity index (χ3v) is 12.5. The van der Waals surface area contributed by atoms with Gasteiger partial charge in [0.05, 0.1) is 17.2 Å². The van der Waals surface area contributed by atoms with Crippen molar-refractivity contribution in [1.82, 2.24) is 30.1 Å². The van der Waals surface area contributed by atoms with Gasteiger partial charge in [0, 0.05) is 98.1 Å². The van der Waals surface area contributed by atoms with Crippen LogP contribution in [0.25, 0.3) is 10.9 Å². The molecule has 0 aliphatic carbocycles. The lowest BCUT2D eigenvalue weighted by molar-refractivity contribution is -0.136. The molecule has 1 unspecified atom stereocenters. The second kappa shape index (κ2) is 15.3. The van der Waals surface area contributed by atoms with Gasteiger partial charge in [-0.05, 0) is 94.8 Å². The van der Waals surface area contributed by atoms with Crippen molar-refractivity contribution in [2.24, 2.45) is 5.92 Å². The lowest BCUT2D eigenvalue weighted by Gasteiger charge is -2.36. The summed E-state index contributed by atoms with van der Waals surface area (Å²) >= 11 is 0. The number of H-pyrrole nitrogens is 1. The molecule has 0 saturated carbocycles. The van der Waals surface area contributed by atoms with Crippen molar-refractivity contribution in [3.05, 3.63) is 77.2 Å².